The molecule has 5 heteroatoms. The average Bonchev–Trinajstić information content (AvgIpc) is 3.82. The molecule has 56 heavy (non-hydrogen) atoms. The largest absolute Gasteiger partial charge is 0.456 e. The Labute approximate surface area is 323 Å². The summed E-state index contributed by atoms with van der Waals surface area (Å²) in [5.41, 5.74) is 12.8. The van der Waals surface area contributed by atoms with E-state index in [1.54, 1.807) is 0 Å². The van der Waals surface area contributed by atoms with Crippen LogP contribution in [0.5, 0.6) is 0 Å². The van der Waals surface area contributed by atoms with Gasteiger partial charge in [-0.2, -0.15) is 0 Å². The lowest BCUT2D eigenvalue weighted by Gasteiger charge is -2.23. The molecule has 2 aromatic heterocycles. The number of aromatic nitrogens is 1. The van der Waals surface area contributed by atoms with Crippen molar-refractivity contribution in [2.75, 3.05) is 0 Å². The summed E-state index contributed by atoms with van der Waals surface area (Å²) in [5.74, 6) is 1.47. The second-order valence-corrected chi connectivity index (χ2v) is 14.2. The van der Waals surface area contributed by atoms with Crippen molar-refractivity contribution < 1.29 is 4.42 Å². The maximum Gasteiger partial charge on any atom is 0.159 e. The zero-order valence-corrected chi connectivity index (χ0v) is 30.3. The molecule has 0 spiro atoms. The van der Waals surface area contributed by atoms with Gasteiger partial charge in [0.05, 0.1) is 11.0 Å². The highest BCUT2D eigenvalue weighted by molar-refractivity contribution is 6.18. The van der Waals surface area contributed by atoms with Gasteiger partial charge >= 0.3 is 0 Å². The summed E-state index contributed by atoms with van der Waals surface area (Å²) in [5, 5.41) is 8.15. The fourth-order valence-electron chi connectivity index (χ4n) is 8.19. The van der Waals surface area contributed by atoms with Gasteiger partial charge in [0.2, 0.25) is 0 Å². The number of fused-ring (bicyclic) bond motifs is 6. The highest BCUT2D eigenvalue weighted by Crippen LogP contribution is 2.42. The van der Waals surface area contributed by atoms with Crippen LogP contribution in [0.3, 0.4) is 0 Å². The van der Waals surface area contributed by atoms with Crippen LogP contribution in [0.2, 0.25) is 0 Å². The molecule has 264 valence electrons. The van der Waals surface area contributed by atoms with E-state index < -0.39 is 0 Å². The number of para-hydroxylation sites is 1. The third kappa shape index (κ3) is 5.40. The molecule has 1 unspecified atom stereocenters. The molecular formula is C51H34N4O. The Morgan fingerprint density at radius 1 is 0.464 bits per heavy atom. The molecule has 11 rings (SSSR count). The summed E-state index contributed by atoms with van der Waals surface area (Å²) in [4.78, 5) is 10.1. The van der Waals surface area contributed by atoms with Gasteiger partial charge < -0.3 is 14.3 Å². The van der Waals surface area contributed by atoms with Crippen LogP contribution >= 0.6 is 0 Å². The van der Waals surface area contributed by atoms with Gasteiger partial charge in [-0.25, -0.2) is 9.98 Å². The fourth-order valence-corrected chi connectivity index (χ4v) is 8.19. The quantitative estimate of drug-likeness (QED) is 0.186. The number of amidine groups is 2. The SMILES string of the molecule is c1ccc(C2=NC(c3ccccc3)NC(c3ccc4oc5ccc(-n6c7ccccc7c7c(-c8ccccc8)cc(-c8ccccc8)cc76)cc5c4c3)=N2)cc1. The topological polar surface area (TPSA) is 54.8 Å². The molecule has 8 aromatic carbocycles. The lowest BCUT2D eigenvalue weighted by molar-refractivity contribution is 0.668. The molecule has 10 aromatic rings. The second kappa shape index (κ2) is 13.1. The molecule has 0 fully saturated rings. The summed E-state index contributed by atoms with van der Waals surface area (Å²) in [7, 11) is 0. The average molecular weight is 719 g/mol. The number of nitrogens with one attached hydrogen (secondary N) is 1. The van der Waals surface area contributed by atoms with Gasteiger partial charge in [0.15, 0.2) is 5.84 Å². The minimum absolute atomic E-state index is 0.279. The van der Waals surface area contributed by atoms with Crippen LogP contribution in [-0.4, -0.2) is 16.2 Å². The molecule has 0 bridgehead atoms. The van der Waals surface area contributed by atoms with Crippen molar-refractivity contribution >= 4 is 55.4 Å². The normalized spacial score (nSPS) is 14.2. The first-order valence-corrected chi connectivity index (χ1v) is 18.9. The number of nitrogens with zero attached hydrogens (tertiary/aromatic N) is 3. The van der Waals surface area contributed by atoms with Gasteiger partial charge in [0.25, 0.3) is 0 Å². The van der Waals surface area contributed by atoms with Crippen LogP contribution in [0, 0.1) is 0 Å². The molecule has 3 heterocycles. The summed E-state index contributed by atoms with van der Waals surface area (Å²) in [6.45, 7) is 0. The Balaban J connectivity index is 1.10. The Bertz CT molecular complexity index is 3140. The summed E-state index contributed by atoms with van der Waals surface area (Å²) in [6, 6.07) is 68.2. The van der Waals surface area contributed by atoms with E-state index in [1.165, 1.54) is 33.0 Å². The standard InChI is InChI=1S/C51H34N4O/c1-5-15-33(16-6-1)38-30-41(34-17-7-2-8-18-34)48-40-23-13-14-24-44(40)55(45(48)31-38)39-26-28-47-43(32-39)42-29-37(25-27-46(42)56-47)51-53-49(35-19-9-3-10-20-35)52-50(54-51)36-21-11-4-12-22-36/h1-32,49H,(H,52,53,54). The maximum absolute atomic E-state index is 6.48. The first-order valence-electron chi connectivity index (χ1n) is 18.9. The van der Waals surface area contributed by atoms with Gasteiger partial charge in [-0.15, -0.1) is 0 Å². The zero-order chi connectivity index (χ0) is 37.0. The van der Waals surface area contributed by atoms with Gasteiger partial charge in [-0.05, 0) is 82.4 Å². The Hall–Kier alpha value is -7.50. The molecule has 5 nitrogen and oxygen atoms in total. The molecule has 0 saturated carbocycles. The van der Waals surface area contributed by atoms with Gasteiger partial charge in [0, 0.05) is 38.4 Å². The fraction of sp³-hybridized carbons (Fsp3) is 0.0196. The van der Waals surface area contributed by atoms with Crippen LogP contribution in [0.25, 0.3) is 71.7 Å². The zero-order valence-electron chi connectivity index (χ0n) is 30.3. The Morgan fingerprint density at radius 3 is 1.84 bits per heavy atom. The van der Waals surface area contributed by atoms with Crippen molar-refractivity contribution in [3.8, 4) is 27.9 Å². The van der Waals surface area contributed by atoms with Crippen LogP contribution in [-0.2, 0) is 0 Å². The van der Waals surface area contributed by atoms with Crippen molar-refractivity contribution in [2.45, 2.75) is 6.17 Å². The second-order valence-electron chi connectivity index (χ2n) is 14.2. The smallest absolute Gasteiger partial charge is 0.159 e. The predicted molar refractivity (Wildman–Crippen MR) is 231 cm³/mol. The van der Waals surface area contributed by atoms with E-state index in [9.17, 15) is 0 Å². The van der Waals surface area contributed by atoms with Crippen LogP contribution < -0.4 is 5.32 Å². The third-order valence-corrected chi connectivity index (χ3v) is 10.8. The molecule has 0 radical (unpaired) electrons. The summed E-state index contributed by atoms with van der Waals surface area (Å²) >= 11 is 0. The van der Waals surface area contributed by atoms with E-state index in [4.69, 9.17) is 14.4 Å². The van der Waals surface area contributed by atoms with Gasteiger partial charge in [-0.3, -0.25) is 0 Å². The van der Waals surface area contributed by atoms with Crippen molar-refractivity contribution in [2.24, 2.45) is 9.98 Å². The number of aliphatic imine (C=N–C) groups is 2. The monoisotopic (exact) mass is 718 g/mol. The highest BCUT2D eigenvalue weighted by atomic mass is 16.3. The molecular weight excluding hydrogens is 685 g/mol. The molecule has 1 N–H and O–H groups in total. The molecule has 0 saturated heterocycles. The summed E-state index contributed by atoms with van der Waals surface area (Å²) in [6.07, 6.45) is -0.279. The minimum Gasteiger partial charge on any atom is -0.456 e. The maximum atomic E-state index is 6.48. The summed E-state index contributed by atoms with van der Waals surface area (Å²) < 4.78 is 8.89. The Kier molecular flexibility index (Phi) is 7.49. The molecule has 1 aliphatic rings. The van der Waals surface area contributed by atoms with Crippen LogP contribution in [0.15, 0.2) is 209 Å². The minimum atomic E-state index is -0.279. The first-order chi connectivity index (χ1) is 27.7. The predicted octanol–water partition coefficient (Wildman–Crippen LogP) is 12.5. The molecule has 1 atom stereocenters. The highest BCUT2D eigenvalue weighted by Gasteiger charge is 2.23. The van der Waals surface area contributed by atoms with Gasteiger partial charge in [0.1, 0.15) is 23.2 Å². The van der Waals surface area contributed by atoms with E-state index in [2.05, 4.69) is 168 Å². The third-order valence-electron chi connectivity index (χ3n) is 10.8. The van der Waals surface area contributed by atoms with E-state index >= 15 is 0 Å². The number of hydrogen-bond donors (Lipinski definition) is 1. The van der Waals surface area contributed by atoms with E-state index in [-0.39, 0.29) is 6.17 Å². The lowest BCUT2D eigenvalue weighted by Crippen LogP contribution is -2.33. The van der Waals surface area contributed by atoms with E-state index in [0.717, 1.165) is 61.2 Å². The number of furan rings is 1. The first kappa shape index (κ1) is 32.0. The van der Waals surface area contributed by atoms with Crippen molar-refractivity contribution in [3.63, 3.8) is 0 Å². The van der Waals surface area contributed by atoms with Crippen LogP contribution in [0.4, 0.5) is 0 Å². The van der Waals surface area contributed by atoms with Crippen LogP contribution in [0.1, 0.15) is 22.9 Å². The Morgan fingerprint density at radius 2 is 1.09 bits per heavy atom. The van der Waals surface area contributed by atoms with E-state index in [0.29, 0.717) is 5.84 Å². The lowest BCUT2D eigenvalue weighted by atomic mass is 9.94. The van der Waals surface area contributed by atoms with Crippen molar-refractivity contribution in [1.29, 1.82) is 0 Å². The number of hydrogen-bond acceptors (Lipinski definition) is 4. The molecule has 0 aliphatic carbocycles. The van der Waals surface area contributed by atoms with E-state index in [1.807, 2.05) is 36.4 Å². The van der Waals surface area contributed by atoms with Crippen molar-refractivity contribution in [1.82, 2.24) is 9.88 Å². The molecule has 0 amide bonds. The number of benzene rings is 8. The van der Waals surface area contributed by atoms with Gasteiger partial charge in [-0.1, -0.05) is 140 Å². The van der Waals surface area contributed by atoms with Crippen molar-refractivity contribution in [3.05, 3.63) is 211 Å². The number of rotatable bonds is 6. The molecule has 1 aliphatic heterocycles.